The lowest BCUT2D eigenvalue weighted by Crippen LogP contribution is -3.00. The molecule has 312 valence electrons. The topological polar surface area (TPSA) is 88.5 Å². The molecule has 4 aliphatic carbocycles. The molecule has 8 nitrogen and oxygen atoms in total. The number of ether oxygens (including phenoxy) is 3. The van der Waals surface area contributed by atoms with Gasteiger partial charge < -0.3 is 41.2 Å². The van der Waals surface area contributed by atoms with E-state index in [1.807, 2.05) is 19.2 Å². The van der Waals surface area contributed by atoms with Crippen molar-refractivity contribution in [3.63, 3.8) is 0 Å². The van der Waals surface area contributed by atoms with E-state index in [1.54, 1.807) is 7.11 Å². The first kappa shape index (κ1) is 42.5. The highest BCUT2D eigenvalue weighted by Gasteiger charge is 2.80. The van der Waals surface area contributed by atoms with Gasteiger partial charge in [-0.3, -0.25) is 9.69 Å². The van der Waals surface area contributed by atoms with E-state index in [4.69, 9.17) is 14.2 Å². The molecular weight excluding hydrogens is 787 g/mol. The molecular formula is C46H70BrN2O6P. The zero-order valence-electron chi connectivity index (χ0n) is 34.8. The van der Waals surface area contributed by atoms with Crippen LogP contribution in [0, 0.1) is 5.41 Å². The third kappa shape index (κ3) is 6.53. The van der Waals surface area contributed by atoms with Crippen LogP contribution in [0.25, 0.3) is 0 Å². The summed E-state index contributed by atoms with van der Waals surface area (Å²) in [6.45, 7) is 3.75. The monoisotopic (exact) mass is 856 g/mol. The number of halogens is 1. The molecule has 3 aliphatic heterocycles. The van der Waals surface area contributed by atoms with Crippen molar-refractivity contribution in [1.82, 2.24) is 4.90 Å². The third-order valence-corrected chi connectivity index (χ3v) is 23.2. The summed E-state index contributed by atoms with van der Waals surface area (Å²) in [5.74, 6) is -0.299. The number of anilines is 1. The summed E-state index contributed by atoms with van der Waals surface area (Å²) in [7, 11) is 3.74. The molecule has 0 radical (unpaired) electrons. The zero-order valence-corrected chi connectivity index (χ0v) is 37.3. The molecule has 3 heterocycles. The number of hydrogen-bond acceptors (Lipinski definition) is 8. The Morgan fingerprint density at radius 2 is 1.48 bits per heavy atom. The van der Waals surface area contributed by atoms with E-state index >= 15 is 0 Å². The highest BCUT2D eigenvalue weighted by atomic mass is 79.9. The SMILES string of the molecule is CC[C@]12C=CCN3CC[C@@]4(c5ccc(OC)cc5N(C)[C@H]4[C@@](O)(C(=O)OC)[C@@H]1OC(=O)CCCC[P+](C1CCCCC1)(C1CCCCC1)C1CCCCC1)[C@@H]32.[Br-]. The van der Waals surface area contributed by atoms with Gasteiger partial charge in [0.05, 0.1) is 43.4 Å². The summed E-state index contributed by atoms with van der Waals surface area (Å²) < 4.78 is 17.9. The molecule has 1 aromatic rings. The largest absolute Gasteiger partial charge is 1.00 e. The second-order valence-electron chi connectivity index (χ2n) is 18.7. The van der Waals surface area contributed by atoms with Gasteiger partial charge in [0, 0.05) is 55.9 Å². The molecule has 10 heteroatoms. The predicted octanol–water partition coefficient (Wildman–Crippen LogP) is 5.81. The summed E-state index contributed by atoms with van der Waals surface area (Å²) in [5.41, 5.74) is 1.40. The van der Waals surface area contributed by atoms with Gasteiger partial charge in [-0.1, -0.05) is 44.4 Å². The summed E-state index contributed by atoms with van der Waals surface area (Å²) in [4.78, 5) is 33.3. The van der Waals surface area contributed by atoms with E-state index < -0.39 is 41.8 Å². The Morgan fingerprint density at radius 3 is 2.04 bits per heavy atom. The van der Waals surface area contributed by atoms with Gasteiger partial charge in [0.15, 0.2) is 6.10 Å². The van der Waals surface area contributed by atoms with Crippen LogP contribution in [0.2, 0.25) is 0 Å². The molecule has 1 N–H and O–H groups in total. The summed E-state index contributed by atoms with van der Waals surface area (Å²) in [5, 5.41) is 13.3. The maximum Gasteiger partial charge on any atom is 0.344 e. The van der Waals surface area contributed by atoms with Gasteiger partial charge in [-0.2, -0.15) is 0 Å². The first-order valence-corrected chi connectivity index (χ1v) is 24.6. The van der Waals surface area contributed by atoms with Crippen LogP contribution in [0.15, 0.2) is 30.4 Å². The van der Waals surface area contributed by atoms with Crippen LogP contribution in [0.1, 0.15) is 141 Å². The Hall–Kier alpha value is -1.67. The number of rotatable bonds is 12. The van der Waals surface area contributed by atoms with Gasteiger partial charge in [-0.25, -0.2) is 4.79 Å². The van der Waals surface area contributed by atoms with Crippen LogP contribution in [0.5, 0.6) is 5.75 Å². The number of likely N-dealkylation sites (N-methyl/N-ethyl adjacent to an activating group) is 1. The van der Waals surface area contributed by atoms with E-state index in [0.717, 1.165) is 66.3 Å². The quantitative estimate of drug-likeness (QED) is 0.122. The Bertz CT molecular complexity index is 1550. The minimum atomic E-state index is -2.10. The fraction of sp³-hybridized carbons (Fsp3) is 0.783. The Labute approximate surface area is 348 Å². The first-order valence-electron chi connectivity index (χ1n) is 22.4. The molecule has 56 heavy (non-hydrogen) atoms. The van der Waals surface area contributed by atoms with Crippen LogP contribution < -0.4 is 26.6 Å². The maximum absolute atomic E-state index is 14.4. The summed E-state index contributed by atoms with van der Waals surface area (Å²) in [6.07, 6.45) is 29.5. The van der Waals surface area contributed by atoms with Crippen LogP contribution in [-0.4, -0.2) is 103 Å². The number of benzene rings is 1. The standard InChI is InChI=1S/C46H70N2O6P.BrH/c1-5-44-27-17-29-48-30-28-45(40(44)48)37-26-25-33(52-3)32-38(37)47(2)41(45)46(51,43(50)53-4)42(44)54-39(49)24-15-16-31-55(34-18-9-6-10-19-34,35-20-11-7-12-21-35)36-22-13-8-14-23-36;/h17,25-27,32,34-36,40-42,51H,5-16,18-24,28-31H2,1-4H3;1H/q+1;/p-1/t40-,41+,42+,44+,45+,46-;/m0./s1. The lowest BCUT2D eigenvalue weighted by molar-refractivity contribution is -0.229. The van der Waals surface area contributed by atoms with Crippen LogP contribution in [-0.2, 0) is 24.5 Å². The second kappa shape index (κ2) is 17.1. The molecule has 6 atom stereocenters. The Balaban J connectivity index is 0.00000480. The zero-order chi connectivity index (χ0) is 38.4. The van der Waals surface area contributed by atoms with Crippen molar-refractivity contribution in [3.8, 4) is 5.75 Å². The van der Waals surface area contributed by atoms with Gasteiger partial charge in [0.1, 0.15) is 5.75 Å². The van der Waals surface area contributed by atoms with Gasteiger partial charge in [-0.05, 0) is 121 Å². The fourth-order valence-electron chi connectivity index (χ4n) is 14.5. The van der Waals surface area contributed by atoms with Crippen molar-refractivity contribution in [3.05, 3.63) is 35.9 Å². The molecule has 7 aliphatic rings. The van der Waals surface area contributed by atoms with Crippen molar-refractivity contribution in [2.24, 2.45) is 5.41 Å². The van der Waals surface area contributed by atoms with Crippen molar-refractivity contribution in [1.29, 1.82) is 0 Å². The molecule has 8 rings (SSSR count). The molecule has 4 saturated carbocycles. The molecule has 1 saturated heterocycles. The third-order valence-electron chi connectivity index (χ3n) is 16.5. The number of carbonyl (C=O) groups is 2. The highest BCUT2D eigenvalue weighted by Crippen LogP contribution is 2.77. The number of esters is 2. The van der Waals surface area contributed by atoms with E-state index in [0.29, 0.717) is 12.8 Å². The molecule has 1 spiro atoms. The maximum atomic E-state index is 14.4. The molecule has 5 fully saturated rings. The second-order valence-corrected chi connectivity index (χ2v) is 23.3. The number of methoxy groups -OCH3 is 2. The highest BCUT2D eigenvalue weighted by molar-refractivity contribution is 7.77. The Morgan fingerprint density at radius 1 is 0.875 bits per heavy atom. The van der Waals surface area contributed by atoms with Gasteiger partial charge >= 0.3 is 11.9 Å². The number of carbonyl (C=O) groups excluding carboxylic acids is 2. The molecule has 0 unspecified atom stereocenters. The van der Waals surface area contributed by atoms with Gasteiger partial charge in [-0.15, -0.1) is 0 Å². The van der Waals surface area contributed by atoms with Crippen molar-refractivity contribution >= 4 is 24.9 Å². The van der Waals surface area contributed by atoms with Crippen molar-refractivity contribution in [2.45, 2.75) is 182 Å². The van der Waals surface area contributed by atoms with Crippen molar-refractivity contribution < 1.29 is 45.9 Å². The minimum absolute atomic E-state index is 0. The van der Waals surface area contributed by atoms with Crippen LogP contribution in [0.4, 0.5) is 5.69 Å². The number of fused-ring (bicyclic) bond motifs is 1. The number of aliphatic hydroxyl groups is 1. The average molecular weight is 858 g/mol. The minimum Gasteiger partial charge on any atom is -1.00 e. The lowest BCUT2D eigenvalue weighted by atomic mass is 9.47. The summed E-state index contributed by atoms with van der Waals surface area (Å²) in [6, 6.07) is 5.41. The fourth-order valence-corrected chi connectivity index (χ4v) is 22.1. The molecule has 0 amide bonds. The normalized spacial score (nSPS) is 33.6. The number of nitrogens with zero attached hydrogens (tertiary/aromatic N) is 2. The average Bonchev–Trinajstić information content (AvgIpc) is 3.75. The number of unbranched alkanes of at least 4 members (excludes halogenated alkanes) is 1. The van der Waals surface area contributed by atoms with E-state index in [-0.39, 0.29) is 29.0 Å². The molecule has 0 aromatic heterocycles. The van der Waals surface area contributed by atoms with Crippen LogP contribution >= 0.6 is 7.26 Å². The predicted molar refractivity (Wildman–Crippen MR) is 222 cm³/mol. The van der Waals surface area contributed by atoms with Crippen LogP contribution in [0.3, 0.4) is 0 Å². The number of hydrogen-bond donors (Lipinski definition) is 1. The van der Waals surface area contributed by atoms with E-state index in [2.05, 4.69) is 34.9 Å². The summed E-state index contributed by atoms with van der Waals surface area (Å²) >= 11 is 0. The van der Waals surface area contributed by atoms with Gasteiger partial charge in [0.2, 0.25) is 5.60 Å². The lowest BCUT2D eigenvalue weighted by Gasteiger charge is -2.63. The van der Waals surface area contributed by atoms with E-state index in [1.165, 1.54) is 110 Å². The smallest absolute Gasteiger partial charge is 0.344 e. The Kier molecular flexibility index (Phi) is 13.0. The van der Waals surface area contributed by atoms with E-state index in [9.17, 15) is 14.7 Å². The molecule has 1 aromatic carbocycles. The molecule has 0 bridgehead atoms. The van der Waals surface area contributed by atoms with Crippen molar-refractivity contribution in [2.75, 3.05) is 45.4 Å². The first-order chi connectivity index (χ1) is 26.7. The van der Waals surface area contributed by atoms with Gasteiger partial charge in [0.25, 0.3) is 0 Å².